The zero-order valence-electron chi connectivity index (χ0n) is 12.0. The van der Waals surface area contributed by atoms with Crippen molar-refractivity contribution in [3.8, 4) is 11.5 Å². The third-order valence-electron chi connectivity index (χ3n) is 2.96. The molecule has 106 valence electrons. The number of carbonyl (C=O) groups excluding carboxylic acids is 1. The molecule has 1 aromatic rings. The molecule has 0 aliphatic rings. The fourth-order valence-corrected chi connectivity index (χ4v) is 1.57. The van der Waals surface area contributed by atoms with Crippen LogP contribution in [-0.4, -0.2) is 38.1 Å². The largest absolute Gasteiger partial charge is 0.497 e. The van der Waals surface area contributed by atoms with Crippen LogP contribution in [-0.2, 0) is 4.79 Å². The molecule has 5 nitrogen and oxygen atoms in total. The van der Waals surface area contributed by atoms with Crippen LogP contribution in [0.3, 0.4) is 0 Å². The fraction of sp³-hybridized carbons (Fsp3) is 0.500. The first-order chi connectivity index (χ1) is 8.99. The van der Waals surface area contributed by atoms with E-state index in [1.54, 1.807) is 25.1 Å². The molecule has 1 amide bonds. The predicted molar refractivity (Wildman–Crippen MR) is 74.4 cm³/mol. The summed E-state index contributed by atoms with van der Waals surface area (Å²) in [5, 5.41) is 0. The van der Waals surface area contributed by atoms with Gasteiger partial charge in [0.15, 0.2) is 6.61 Å². The van der Waals surface area contributed by atoms with Gasteiger partial charge in [0.05, 0.1) is 7.11 Å². The van der Waals surface area contributed by atoms with Crippen LogP contribution >= 0.6 is 0 Å². The average Bonchev–Trinajstić information content (AvgIpc) is 2.43. The van der Waals surface area contributed by atoms with E-state index in [1.165, 1.54) is 0 Å². The quantitative estimate of drug-likeness (QED) is 0.849. The normalized spacial score (nSPS) is 11.8. The van der Waals surface area contributed by atoms with Crippen molar-refractivity contribution in [1.29, 1.82) is 0 Å². The first kappa shape index (κ1) is 15.3. The minimum Gasteiger partial charge on any atom is -0.497 e. The summed E-state index contributed by atoms with van der Waals surface area (Å²) in [5.74, 6) is 1.20. The topological polar surface area (TPSA) is 64.8 Å². The molecule has 0 aromatic heterocycles. The third-order valence-corrected chi connectivity index (χ3v) is 2.96. The van der Waals surface area contributed by atoms with Crippen LogP contribution in [0.2, 0.25) is 0 Å². The number of likely N-dealkylation sites (N-methyl/N-ethyl adjacent to an activating group) is 1. The van der Waals surface area contributed by atoms with Crippen molar-refractivity contribution in [3.05, 3.63) is 23.8 Å². The van der Waals surface area contributed by atoms with Gasteiger partial charge in [-0.25, -0.2) is 0 Å². The van der Waals surface area contributed by atoms with E-state index in [0.29, 0.717) is 18.0 Å². The lowest BCUT2D eigenvalue weighted by Crippen LogP contribution is -2.31. The summed E-state index contributed by atoms with van der Waals surface area (Å²) in [6.45, 7) is 4.43. The smallest absolute Gasteiger partial charge is 0.260 e. The highest BCUT2D eigenvalue weighted by Gasteiger charge is 2.13. The molecule has 0 saturated carbocycles. The molecule has 2 N–H and O–H groups in total. The van der Waals surface area contributed by atoms with Gasteiger partial charge in [0.2, 0.25) is 0 Å². The van der Waals surface area contributed by atoms with Crippen molar-refractivity contribution in [2.45, 2.75) is 19.9 Å². The second-order valence-electron chi connectivity index (χ2n) is 4.39. The van der Waals surface area contributed by atoms with Crippen molar-refractivity contribution < 1.29 is 14.3 Å². The molecule has 5 heteroatoms. The van der Waals surface area contributed by atoms with Crippen LogP contribution in [0.25, 0.3) is 0 Å². The van der Waals surface area contributed by atoms with Crippen molar-refractivity contribution >= 4 is 5.91 Å². The van der Waals surface area contributed by atoms with Crippen LogP contribution in [0.15, 0.2) is 18.2 Å². The Morgan fingerprint density at radius 2 is 2.16 bits per heavy atom. The minimum absolute atomic E-state index is 0.00275. The standard InChI is InChI=1S/C14H22N2O3/c1-5-16(3)14(17)9-19-13-8-11(18-4)6-7-12(13)10(2)15/h6-8,10H,5,9,15H2,1-4H3/t10-/m1/s1. The predicted octanol–water partition coefficient (Wildman–Crippen LogP) is 1.57. The average molecular weight is 266 g/mol. The van der Waals surface area contributed by atoms with Gasteiger partial charge in [-0.3, -0.25) is 4.79 Å². The Kier molecular flexibility index (Phi) is 5.63. The van der Waals surface area contributed by atoms with Gasteiger partial charge < -0.3 is 20.1 Å². The van der Waals surface area contributed by atoms with Gasteiger partial charge in [0.1, 0.15) is 11.5 Å². The molecule has 0 saturated heterocycles. The summed E-state index contributed by atoms with van der Waals surface area (Å²) < 4.78 is 10.7. The van der Waals surface area contributed by atoms with Crippen LogP contribution < -0.4 is 15.2 Å². The molecule has 0 spiro atoms. The van der Waals surface area contributed by atoms with Gasteiger partial charge in [-0.2, -0.15) is 0 Å². The first-order valence-electron chi connectivity index (χ1n) is 6.29. The molecule has 0 radical (unpaired) electrons. The Morgan fingerprint density at radius 3 is 2.68 bits per heavy atom. The summed E-state index contributed by atoms with van der Waals surface area (Å²) in [7, 11) is 3.32. The lowest BCUT2D eigenvalue weighted by Gasteiger charge is -2.18. The zero-order chi connectivity index (χ0) is 14.4. The maximum Gasteiger partial charge on any atom is 0.260 e. The first-order valence-corrected chi connectivity index (χ1v) is 6.29. The Morgan fingerprint density at radius 1 is 1.47 bits per heavy atom. The number of rotatable bonds is 6. The maximum absolute atomic E-state index is 11.7. The van der Waals surface area contributed by atoms with Gasteiger partial charge in [-0.1, -0.05) is 6.07 Å². The molecular weight excluding hydrogens is 244 g/mol. The van der Waals surface area contributed by atoms with E-state index in [1.807, 2.05) is 26.0 Å². The number of ether oxygens (including phenoxy) is 2. The van der Waals surface area contributed by atoms with Gasteiger partial charge in [-0.05, 0) is 19.9 Å². The molecule has 0 aliphatic heterocycles. The summed E-state index contributed by atoms with van der Waals surface area (Å²) >= 11 is 0. The van der Waals surface area contributed by atoms with Crippen molar-refractivity contribution in [1.82, 2.24) is 4.90 Å². The molecular formula is C14H22N2O3. The SMILES string of the molecule is CCN(C)C(=O)COc1cc(OC)ccc1[C@@H](C)N. The molecule has 0 unspecified atom stereocenters. The second kappa shape index (κ2) is 6.99. The fourth-order valence-electron chi connectivity index (χ4n) is 1.57. The number of hydrogen-bond acceptors (Lipinski definition) is 4. The van der Waals surface area contributed by atoms with Crippen LogP contribution in [0.5, 0.6) is 11.5 Å². The van der Waals surface area contributed by atoms with Crippen molar-refractivity contribution in [3.63, 3.8) is 0 Å². The van der Waals surface area contributed by atoms with Crippen LogP contribution in [0.1, 0.15) is 25.5 Å². The Bertz CT molecular complexity index is 433. The summed E-state index contributed by atoms with van der Waals surface area (Å²) in [4.78, 5) is 13.3. The summed E-state index contributed by atoms with van der Waals surface area (Å²) in [5.41, 5.74) is 6.74. The van der Waals surface area contributed by atoms with Gasteiger partial charge in [-0.15, -0.1) is 0 Å². The highest BCUT2D eigenvalue weighted by molar-refractivity contribution is 5.77. The number of hydrogen-bond donors (Lipinski definition) is 1. The lowest BCUT2D eigenvalue weighted by molar-refractivity contribution is -0.131. The number of nitrogens with two attached hydrogens (primary N) is 1. The molecule has 1 rings (SSSR count). The molecule has 0 heterocycles. The molecule has 0 bridgehead atoms. The third kappa shape index (κ3) is 4.13. The van der Waals surface area contributed by atoms with Crippen molar-refractivity contribution in [2.75, 3.05) is 27.3 Å². The molecule has 19 heavy (non-hydrogen) atoms. The number of carbonyl (C=O) groups is 1. The monoisotopic (exact) mass is 266 g/mol. The Labute approximate surface area is 114 Å². The lowest BCUT2D eigenvalue weighted by atomic mass is 10.1. The Balaban J connectivity index is 2.83. The maximum atomic E-state index is 11.7. The van der Waals surface area contributed by atoms with Crippen LogP contribution in [0, 0.1) is 0 Å². The van der Waals surface area contributed by atoms with Gasteiger partial charge in [0.25, 0.3) is 5.91 Å². The van der Waals surface area contributed by atoms with Gasteiger partial charge in [0, 0.05) is 31.3 Å². The second-order valence-corrected chi connectivity index (χ2v) is 4.39. The highest BCUT2D eigenvalue weighted by atomic mass is 16.5. The van der Waals surface area contributed by atoms with E-state index in [2.05, 4.69) is 0 Å². The molecule has 0 fully saturated rings. The minimum atomic E-state index is -0.167. The van der Waals surface area contributed by atoms with E-state index in [4.69, 9.17) is 15.2 Å². The van der Waals surface area contributed by atoms with E-state index in [-0.39, 0.29) is 18.6 Å². The van der Waals surface area contributed by atoms with E-state index >= 15 is 0 Å². The zero-order valence-corrected chi connectivity index (χ0v) is 12.0. The van der Waals surface area contributed by atoms with E-state index < -0.39 is 0 Å². The number of nitrogens with zero attached hydrogens (tertiary/aromatic N) is 1. The van der Waals surface area contributed by atoms with Crippen molar-refractivity contribution in [2.24, 2.45) is 5.73 Å². The van der Waals surface area contributed by atoms with Crippen LogP contribution in [0.4, 0.5) is 0 Å². The Hall–Kier alpha value is -1.75. The highest BCUT2D eigenvalue weighted by Crippen LogP contribution is 2.28. The summed E-state index contributed by atoms with van der Waals surface area (Å²) in [6, 6.07) is 5.26. The molecule has 1 aromatic carbocycles. The number of methoxy groups -OCH3 is 1. The molecule has 0 aliphatic carbocycles. The summed E-state index contributed by atoms with van der Waals surface area (Å²) in [6.07, 6.45) is 0. The van der Waals surface area contributed by atoms with Gasteiger partial charge >= 0.3 is 0 Å². The number of benzene rings is 1. The molecule has 1 atom stereocenters. The van der Waals surface area contributed by atoms with E-state index in [9.17, 15) is 4.79 Å². The number of amides is 1. The van der Waals surface area contributed by atoms with E-state index in [0.717, 1.165) is 5.56 Å².